The van der Waals surface area contributed by atoms with Crippen LogP contribution >= 0.6 is 0 Å². The van der Waals surface area contributed by atoms with Gasteiger partial charge in [-0.3, -0.25) is 14.6 Å². The van der Waals surface area contributed by atoms with Crippen molar-refractivity contribution in [3.8, 4) is 39.1 Å². The molecule has 0 bridgehead atoms. The number of hydrogen-bond acceptors (Lipinski definition) is 3. The summed E-state index contributed by atoms with van der Waals surface area (Å²) < 4.78 is 2.08. The number of anilines is 1. The number of nitrogens with zero attached hydrogens (tertiary/aromatic N) is 4. The van der Waals surface area contributed by atoms with Crippen LogP contribution < -0.4 is 4.90 Å². The molecule has 1 aliphatic rings. The van der Waals surface area contributed by atoms with E-state index in [-0.39, 0.29) is 11.8 Å². The largest absolute Gasteiger partial charge is 0.308 e. The number of fused-ring (bicyclic) bond motifs is 4. The monoisotopic (exact) mass is 642 g/mol. The Hall–Kier alpha value is -7.10. The fourth-order valence-electron chi connectivity index (χ4n) is 7.20. The van der Waals surface area contributed by atoms with Gasteiger partial charge in [0.05, 0.1) is 40.1 Å². The lowest BCUT2D eigenvalue weighted by Gasteiger charge is -2.20. The highest BCUT2D eigenvalue weighted by molar-refractivity contribution is 6.36. The number of aromatic nitrogens is 2. The molecular weight excluding hydrogens is 617 g/mol. The maximum atomic E-state index is 14.8. The van der Waals surface area contributed by atoms with Crippen LogP contribution in [0.1, 0.15) is 20.7 Å². The molecule has 9 rings (SSSR count). The maximum Gasteiger partial charge on any atom is 0.268 e. The van der Waals surface area contributed by atoms with E-state index in [1.54, 1.807) is 18.5 Å². The number of carbonyl (C=O) groups excluding carboxylic acids is 2. The van der Waals surface area contributed by atoms with Crippen LogP contribution in [-0.2, 0) is 0 Å². The van der Waals surface area contributed by atoms with Gasteiger partial charge in [0.1, 0.15) is 0 Å². The molecule has 0 radical (unpaired) electrons. The minimum Gasteiger partial charge on any atom is -0.308 e. The number of amides is 2. The molecule has 234 valence electrons. The fraction of sp³-hybridized carbons (Fsp3) is 0. The summed E-state index contributed by atoms with van der Waals surface area (Å²) in [5.74, 6) is -0.753. The molecule has 3 heterocycles. The molecule has 6 aromatic carbocycles. The molecule has 2 amide bonds. The summed E-state index contributed by atoms with van der Waals surface area (Å²) in [5.41, 5.74) is 9.39. The fourth-order valence-corrected chi connectivity index (χ4v) is 7.20. The highest BCUT2D eigenvalue weighted by atomic mass is 16.2. The summed E-state index contributed by atoms with van der Waals surface area (Å²) in [7, 11) is 0. The second-order valence-electron chi connectivity index (χ2n) is 12.2. The number of benzene rings is 6. The quantitative estimate of drug-likeness (QED) is 0.139. The second-order valence-corrected chi connectivity index (χ2v) is 12.2. The van der Waals surface area contributed by atoms with E-state index in [0.29, 0.717) is 28.2 Å². The second kappa shape index (κ2) is 11.6. The van der Waals surface area contributed by atoms with Crippen molar-refractivity contribution in [2.75, 3.05) is 4.90 Å². The average Bonchev–Trinajstić information content (AvgIpc) is 3.66. The molecule has 0 unspecified atom stereocenters. The summed E-state index contributed by atoms with van der Waals surface area (Å²) in [4.78, 5) is 38.5. The zero-order chi connectivity index (χ0) is 33.8. The van der Waals surface area contributed by atoms with E-state index in [0.717, 1.165) is 55.2 Å². The Kier molecular flexibility index (Phi) is 6.72. The highest BCUT2D eigenvalue weighted by Gasteiger charge is 2.40. The SMILES string of the molecule is [C-]#[N+]c1cncc(-c2cccc3c4ccccc4n(-c4cccc5c4C(=O)N(c4ccc(-c6ccccc6)cc4-c4ccccc4)C5=O)c23)c1. The standard InChI is InChI=1S/C44H26N4O2/c1-45-32-24-31(26-46-27-32)33-17-10-18-35-34-16-8-9-20-38(34)47(42(33)35)40-21-11-19-36-41(40)44(50)48(43(36)49)39-23-22-30(28-12-4-2-5-13-28)25-37(39)29-14-6-3-7-15-29/h2-27H. The summed E-state index contributed by atoms with van der Waals surface area (Å²) >= 11 is 0. The molecule has 1 aliphatic heterocycles. The van der Waals surface area contributed by atoms with Gasteiger partial charge in [0.25, 0.3) is 11.8 Å². The van der Waals surface area contributed by atoms with E-state index >= 15 is 0 Å². The van der Waals surface area contributed by atoms with Crippen LogP contribution in [0.2, 0.25) is 0 Å². The van der Waals surface area contributed by atoms with Gasteiger partial charge in [0, 0.05) is 34.3 Å². The average molecular weight is 643 g/mol. The molecule has 0 saturated heterocycles. The number of rotatable bonds is 5. The van der Waals surface area contributed by atoms with Crippen LogP contribution in [0.3, 0.4) is 0 Å². The number of para-hydroxylation sites is 2. The normalized spacial score (nSPS) is 12.4. The van der Waals surface area contributed by atoms with Gasteiger partial charge in [-0.25, -0.2) is 9.74 Å². The highest BCUT2D eigenvalue weighted by Crippen LogP contribution is 2.43. The van der Waals surface area contributed by atoms with Crippen LogP contribution in [0, 0.1) is 6.57 Å². The Morgan fingerprint density at radius 1 is 0.520 bits per heavy atom. The van der Waals surface area contributed by atoms with E-state index < -0.39 is 0 Å². The van der Waals surface area contributed by atoms with Crippen molar-refractivity contribution < 1.29 is 9.59 Å². The first-order chi connectivity index (χ1) is 24.6. The van der Waals surface area contributed by atoms with E-state index in [1.165, 1.54) is 4.90 Å². The molecule has 0 atom stereocenters. The molecule has 0 fully saturated rings. The van der Waals surface area contributed by atoms with E-state index in [2.05, 4.69) is 32.6 Å². The van der Waals surface area contributed by atoms with Crippen molar-refractivity contribution in [3.63, 3.8) is 0 Å². The van der Waals surface area contributed by atoms with Crippen LogP contribution in [0.5, 0.6) is 0 Å². The molecule has 6 heteroatoms. The first kappa shape index (κ1) is 29.1. The van der Waals surface area contributed by atoms with Crippen molar-refractivity contribution >= 4 is 45.0 Å². The van der Waals surface area contributed by atoms with Gasteiger partial charge >= 0.3 is 0 Å². The van der Waals surface area contributed by atoms with E-state index in [9.17, 15) is 9.59 Å². The molecule has 8 aromatic rings. The van der Waals surface area contributed by atoms with Crippen LogP contribution in [-0.4, -0.2) is 21.4 Å². The number of pyridine rings is 1. The molecule has 0 aliphatic carbocycles. The Balaban J connectivity index is 1.27. The Morgan fingerprint density at radius 3 is 2.02 bits per heavy atom. The summed E-state index contributed by atoms with van der Waals surface area (Å²) in [5, 5.41) is 1.99. The van der Waals surface area contributed by atoms with Crippen molar-refractivity contribution in [1.29, 1.82) is 0 Å². The molecule has 0 saturated carbocycles. The lowest BCUT2D eigenvalue weighted by atomic mass is 9.97. The zero-order valence-electron chi connectivity index (χ0n) is 26.6. The lowest BCUT2D eigenvalue weighted by Crippen LogP contribution is -2.30. The number of hydrogen-bond donors (Lipinski definition) is 0. The topological polar surface area (TPSA) is 59.6 Å². The van der Waals surface area contributed by atoms with Crippen molar-refractivity contribution in [2.45, 2.75) is 0 Å². The molecular formula is C44H26N4O2. The third kappa shape index (κ3) is 4.45. The maximum absolute atomic E-state index is 14.8. The van der Waals surface area contributed by atoms with Gasteiger partial charge in [-0.1, -0.05) is 109 Å². The smallest absolute Gasteiger partial charge is 0.268 e. The van der Waals surface area contributed by atoms with Crippen LogP contribution in [0.25, 0.3) is 65.7 Å². The lowest BCUT2D eigenvalue weighted by molar-refractivity contribution is 0.0926. The van der Waals surface area contributed by atoms with Crippen LogP contribution in [0.15, 0.2) is 158 Å². The van der Waals surface area contributed by atoms with Crippen molar-refractivity contribution in [2.24, 2.45) is 0 Å². The molecule has 6 nitrogen and oxygen atoms in total. The zero-order valence-corrected chi connectivity index (χ0v) is 26.6. The first-order valence-corrected chi connectivity index (χ1v) is 16.2. The molecule has 50 heavy (non-hydrogen) atoms. The van der Waals surface area contributed by atoms with Gasteiger partial charge in [-0.2, -0.15) is 0 Å². The molecule has 0 N–H and O–H groups in total. The van der Waals surface area contributed by atoms with Gasteiger partial charge in [-0.15, -0.1) is 0 Å². The molecule has 0 spiro atoms. The number of imide groups is 1. The Bertz CT molecular complexity index is 2710. The predicted molar refractivity (Wildman–Crippen MR) is 199 cm³/mol. The first-order valence-electron chi connectivity index (χ1n) is 16.2. The minimum absolute atomic E-state index is 0.342. The molecule has 2 aromatic heterocycles. The van der Waals surface area contributed by atoms with E-state index in [1.807, 2.05) is 121 Å². The predicted octanol–water partition coefficient (Wildman–Crippen LogP) is 10.5. The van der Waals surface area contributed by atoms with Crippen molar-refractivity contribution in [1.82, 2.24) is 9.55 Å². The van der Waals surface area contributed by atoms with Crippen LogP contribution in [0.4, 0.5) is 11.4 Å². The van der Waals surface area contributed by atoms with Gasteiger partial charge in [0.15, 0.2) is 0 Å². The van der Waals surface area contributed by atoms with E-state index in [4.69, 9.17) is 6.57 Å². The summed E-state index contributed by atoms with van der Waals surface area (Å²) in [6.07, 6.45) is 3.30. The van der Waals surface area contributed by atoms with Gasteiger partial charge < -0.3 is 4.57 Å². The van der Waals surface area contributed by atoms with Gasteiger partial charge in [0.2, 0.25) is 5.69 Å². The Morgan fingerprint density at radius 2 is 1.22 bits per heavy atom. The third-order valence-corrected chi connectivity index (χ3v) is 9.42. The van der Waals surface area contributed by atoms with Gasteiger partial charge in [-0.05, 0) is 58.7 Å². The Labute approximate surface area is 287 Å². The third-order valence-electron chi connectivity index (χ3n) is 9.42. The number of carbonyl (C=O) groups is 2. The van der Waals surface area contributed by atoms with Crippen molar-refractivity contribution in [3.05, 3.63) is 181 Å². The summed E-state index contributed by atoms with van der Waals surface area (Å²) in [6.45, 7) is 7.58. The minimum atomic E-state index is -0.384. The summed E-state index contributed by atoms with van der Waals surface area (Å²) in [6, 6.07) is 47.2.